The fourth-order valence-corrected chi connectivity index (χ4v) is 2.91. The Kier molecular flexibility index (Phi) is 5.56. The highest BCUT2D eigenvalue weighted by Crippen LogP contribution is 2.24. The second-order valence-corrected chi connectivity index (χ2v) is 5.94. The molecule has 0 fully saturated rings. The van der Waals surface area contributed by atoms with Crippen LogP contribution in [0.3, 0.4) is 0 Å². The van der Waals surface area contributed by atoms with Crippen molar-refractivity contribution in [2.24, 2.45) is 0 Å². The van der Waals surface area contributed by atoms with Crippen LogP contribution < -0.4 is 9.47 Å². The van der Waals surface area contributed by atoms with Crippen LogP contribution >= 0.6 is 0 Å². The molecule has 132 valence electrons. The number of nitrogens with zero attached hydrogens (tertiary/aromatic N) is 2. The molecular formula is C20H24N2O3. The zero-order valence-corrected chi connectivity index (χ0v) is 14.7. The van der Waals surface area contributed by atoms with E-state index in [4.69, 9.17) is 9.47 Å². The number of aliphatic hydroxyl groups is 1. The van der Waals surface area contributed by atoms with Crippen molar-refractivity contribution in [1.82, 2.24) is 9.55 Å². The highest BCUT2D eigenvalue weighted by Gasteiger charge is 2.17. The maximum absolute atomic E-state index is 10.4. The minimum absolute atomic E-state index is 0.499. The van der Waals surface area contributed by atoms with Gasteiger partial charge < -0.3 is 19.1 Å². The predicted molar refractivity (Wildman–Crippen MR) is 98.1 cm³/mol. The van der Waals surface area contributed by atoms with Gasteiger partial charge in [0.25, 0.3) is 0 Å². The van der Waals surface area contributed by atoms with E-state index in [2.05, 4.69) is 16.5 Å². The Bertz CT molecular complexity index is 811. The smallest absolute Gasteiger partial charge is 0.138 e. The Balaban J connectivity index is 1.75. The molecule has 25 heavy (non-hydrogen) atoms. The molecule has 0 aliphatic carbocycles. The Hall–Kier alpha value is -2.53. The summed E-state index contributed by atoms with van der Waals surface area (Å²) >= 11 is 0. The monoisotopic (exact) mass is 340 g/mol. The molecule has 0 aliphatic heterocycles. The summed E-state index contributed by atoms with van der Waals surface area (Å²) in [6, 6.07) is 15.5. The van der Waals surface area contributed by atoms with E-state index < -0.39 is 6.10 Å². The summed E-state index contributed by atoms with van der Waals surface area (Å²) in [4.78, 5) is 4.62. The summed E-state index contributed by atoms with van der Waals surface area (Å²) in [6.45, 7) is 3.18. The van der Waals surface area contributed by atoms with E-state index in [0.29, 0.717) is 25.4 Å². The van der Waals surface area contributed by atoms with Gasteiger partial charge in [0, 0.05) is 0 Å². The van der Waals surface area contributed by atoms with Gasteiger partial charge in [-0.3, -0.25) is 0 Å². The number of aliphatic hydroxyl groups excluding tert-OH is 1. The van der Waals surface area contributed by atoms with Crippen LogP contribution in [0.1, 0.15) is 31.7 Å². The van der Waals surface area contributed by atoms with E-state index in [0.717, 1.165) is 29.0 Å². The van der Waals surface area contributed by atoms with Gasteiger partial charge in [-0.2, -0.15) is 0 Å². The summed E-state index contributed by atoms with van der Waals surface area (Å²) in [7, 11) is 1.64. The van der Waals surface area contributed by atoms with Crippen molar-refractivity contribution in [3.8, 4) is 11.5 Å². The lowest BCUT2D eigenvalue weighted by Crippen LogP contribution is -2.14. The molecule has 5 heteroatoms. The van der Waals surface area contributed by atoms with Gasteiger partial charge in [0.05, 0.1) is 24.7 Å². The Morgan fingerprint density at radius 1 is 1.08 bits per heavy atom. The first kappa shape index (κ1) is 17.3. The number of imidazole rings is 1. The first-order valence-electron chi connectivity index (χ1n) is 8.63. The number of benzene rings is 2. The third-order valence-electron chi connectivity index (χ3n) is 4.19. The molecular weight excluding hydrogens is 316 g/mol. The molecule has 1 N–H and O–H groups in total. The van der Waals surface area contributed by atoms with Gasteiger partial charge in [0.1, 0.15) is 30.0 Å². The minimum atomic E-state index is -0.557. The van der Waals surface area contributed by atoms with Crippen molar-refractivity contribution in [2.75, 3.05) is 13.7 Å². The van der Waals surface area contributed by atoms with Crippen molar-refractivity contribution in [3.63, 3.8) is 0 Å². The number of fused-ring (bicyclic) bond motifs is 1. The van der Waals surface area contributed by atoms with Crippen LogP contribution in [0.5, 0.6) is 11.5 Å². The van der Waals surface area contributed by atoms with Crippen LogP contribution in [0.15, 0.2) is 48.5 Å². The van der Waals surface area contributed by atoms with Gasteiger partial charge in [0.2, 0.25) is 0 Å². The zero-order valence-electron chi connectivity index (χ0n) is 14.7. The first-order valence-corrected chi connectivity index (χ1v) is 8.63. The lowest BCUT2D eigenvalue weighted by molar-refractivity contribution is 0.151. The normalized spacial score (nSPS) is 12.3. The van der Waals surface area contributed by atoms with Crippen LogP contribution in [0.4, 0.5) is 0 Å². The van der Waals surface area contributed by atoms with Crippen LogP contribution in [0.25, 0.3) is 11.0 Å². The number of ether oxygens (including phenoxy) is 2. The number of aromatic nitrogens is 2. The molecule has 0 saturated heterocycles. The Labute approximate surface area is 147 Å². The number of rotatable bonds is 8. The van der Waals surface area contributed by atoms with Crippen LogP contribution in [-0.2, 0) is 6.54 Å². The Morgan fingerprint density at radius 2 is 1.80 bits per heavy atom. The van der Waals surface area contributed by atoms with E-state index in [1.54, 1.807) is 7.11 Å². The van der Waals surface area contributed by atoms with Crippen molar-refractivity contribution in [2.45, 2.75) is 32.4 Å². The summed E-state index contributed by atoms with van der Waals surface area (Å²) < 4.78 is 13.0. The number of para-hydroxylation sites is 2. The van der Waals surface area contributed by atoms with Crippen molar-refractivity contribution >= 4 is 11.0 Å². The topological polar surface area (TPSA) is 56.5 Å². The Morgan fingerprint density at radius 3 is 2.52 bits per heavy atom. The van der Waals surface area contributed by atoms with Crippen molar-refractivity contribution < 1.29 is 14.6 Å². The highest BCUT2D eigenvalue weighted by molar-refractivity contribution is 5.76. The van der Waals surface area contributed by atoms with E-state index in [1.165, 1.54) is 0 Å². The molecule has 3 rings (SSSR count). The third-order valence-corrected chi connectivity index (χ3v) is 4.19. The standard InChI is InChI=1S/C20H24N2O3/c1-3-6-19(23)20-21-17-7-4-5-8-18(17)22(20)13-14-25-16-11-9-15(24-2)10-12-16/h4-5,7-12,19,23H,3,6,13-14H2,1-2H3. The fourth-order valence-electron chi connectivity index (χ4n) is 2.91. The quantitative estimate of drug-likeness (QED) is 0.674. The van der Waals surface area contributed by atoms with E-state index in [9.17, 15) is 5.11 Å². The molecule has 1 atom stereocenters. The summed E-state index contributed by atoms with van der Waals surface area (Å²) in [5, 5.41) is 10.4. The molecule has 0 aliphatic rings. The summed E-state index contributed by atoms with van der Waals surface area (Å²) in [6.07, 6.45) is 1.05. The maximum atomic E-state index is 10.4. The van der Waals surface area contributed by atoms with E-state index >= 15 is 0 Å². The van der Waals surface area contributed by atoms with Gasteiger partial charge in [-0.05, 0) is 42.8 Å². The SMILES string of the molecule is CCCC(O)c1nc2ccccc2n1CCOc1ccc(OC)cc1. The van der Waals surface area contributed by atoms with Crippen LogP contribution in [0.2, 0.25) is 0 Å². The van der Waals surface area contributed by atoms with Crippen LogP contribution in [-0.4, -0.2) is 28.4 Å². The molecule has 0 spiro atoms. The molecule has 2 aromatic carbocycles. The molecule has 0 saturated carbocycles. The summed E-state index contributed by atoms with van der Waals surface area (Å²) in [5.74, 6) is 2.31. The molecule has 1 heterocycles. The van der Waals surface area contributed by atoms with Gasteiger partial charge in [0.15, 0.2) is 0 Å². The average molecular weight is 340 g/mol. The van der Waals surface area contributed by atoms with Gasteiger partial charge in [-0.25, -0.2) is 4.98 Å². The van der Waals surface area contributed by atoms with E-state index in [-0.39, 0.29) is 0 Å². The molecule has 0 bridgehead atoms. The predicted octanol–water partition coefficient (Wildman–Crippen LogP) is 3.96. The average Bonchev–Trinajstić information content (AvgIpc) is 3.01. The van der Waals surface area contributed by atoms with Gasteiger partial charge >= 0.3 is 0 Å². The number of hydrogen-bond acceptors (Lipinski definition) is 4. The second-order valence-electron chi connectivity index (χ2n) is 5.94. The third kappa shape index (κ3) is 3.94. The number of hydrogen-bond donors (Lipinski definition) is 1. The molecule has 0 amide bonds. The lowest BCUT2D eigenvalue weighted by atomic mass is 10.2. The maximum Gasteiger partial charge on any atom is 0.138 e. The first-order chi connectivity index (χ1) is 12.2. The molecule has 1 aromatic heterocycles. The fraction of sp³-hybridized carbons (Fsp3) is 0.350. The lowest BCUT2D eigenvalue weighted by Gasteiger charge is -2.14. The zero-order chi connectivity index (χ0) is 17.6. The van der Waals surface area contributed by atoms with E-state index in [1.807, 2.05) is 48.5 Å². The van der Waals surface area contributed by atoms with Gasteiger partial charge in [-0.15, -0.1) is 0 Å². The van der Waals surface area contributed by atoms with Crippen molar-refractivity contribution in [1.29, 1.82) is 0 Å². The molecule has 0 radical (unpaired) electrons. The molecule has 3 aromatic rings. The second kappa shape index (κ2) is 8.03. The largest absolute Gasteiger partial charge is 0.497 e. The van der Waals surface area contributed by atoms with Crippen LogP contribution in [0, 0.1) is 0 Å². The molecule has 5 nitrogen and oxygen atoms in total. The molecule has 1 unspecified atom stereocenters. The van der Waals surface area contributed by atoms with Crippen molar-refractivity contribution in [3.05, 3.63) is 54.4 Å². The highest BCUT2D eigenvalue weighted by atomic mass is 16.5. The van der Waals surface area contributed by atoms with Gasteiger partial charge in [-0.1, -0.05) is 25.5 Å². The minimum Gasteiger partial charge on any atom is -0.497 e. The number of methoxy groups -OCH3 is 1. The summed E-state index contributed by atoms with van der Waals surface area (Å²) in [5.41, 5.74) is 1.92.